The molecule has 1 atom stereocenters. The monoisotopic (exact) mass is 311 g/mol. The van der Waals surface area contributed by atoms with Gasteiger partial charge >= 0.3 is 11.9 Å². The average Bonchev–Trinajstić information content (AvgIpc) is 2.37. The lowest BCUT2D eigenvalue weighted by Gasteiger charge is -2.31. The summed E-state index contributed by atoms with van der Waals surface area (Å²) in [5.74, 6) is -1.38. The number of sulfonamides is 1. The molecule has 1 aliphatic rings. The van der Waals surface area contributed by atoms with E-state index in [4.69, 9.17) is 5.11 Å². The zero-order valence-electron chi connectivity index (χ0n) is 10.6. The Morgan fingerprint density at radius 3 is 2.74 bits per heavy atom. The number of aliphatic carboxylic acids is 1. The summed E-state index contributed by atoms with van der Waals surface area (Å²) in [5, 5.41) is 9.02. The standard InChI is InChI=1S/C10H17NO6S2/c1-2-17-9(12)3-6-19(15,16)11-4-5-18-7-8(11)10(13)14/h8H,2-7H2,1H3,(H,13,14). The molecular formula is C10H17NO6S2. The van der Waals surface area contributed by atoms with E-state index in [0.29, 0.717) is 5.75 Å². The van der Waals surface area contributed by atoms with Gasteiger partial charge in [-0.3, -0.25) is 9.59 Å². The molecule has 110 valence electrons. The van der Waals surface area contributed by atoms with Crippen molar-refractivity contribution in [1.82, 2.24) is 4.31 Å². The summed E-state index contributed by atoms with van der Waals surface area (Å²) in [5.41, 5.74) is 0. The third-order valence-electron chi connectivity index (χ3n) is 2.59. The van der Waals surface area contributed by atoms with E-state index in [2.05, 4.69) is 4.74 Å². The van der Waals surface area contributed by atoms with Gasteiger partial charge in [0.1, 0.15) is 6.04 Å². The third kappa shape index (κ3) is 4.66. The zero-order chi connectivity index (χ0) is 14.5. The first-order valence-corrected chi connectivity index (χ1v) is 8.60. The summed E-state index contributed by atoms with van der Waals surface area (Å²) in [7, 11) is -3.75. The number of thioether (sulfide) groups is 1. The first-order chi connectivity index (χ1) is 8.88. The fraction of sp³-hybridized carbons (Fsp3) is 0.800. The SMILES string of the molecule is CCOC(=O)CCS(=O)(=O)N1CCSCC1C(=O)O. The van der Waals surface area contributed by atoms with Crippen molar-refractivity contribution in [3.05, 3.63) is 0 Å². The predicted molar refractivity (Wildman–Crippen MR) is 70.5 cm³/mol. The fourth-order valence-corrected chi connectivity index (χ4v) is 4.51. The van der Waals surface area contributed by atoms with Gasteiger partial charge in [-0.1, -0.05) is 0 Å². The Kier molecular flexibility index (Phi) is 6.08. The molecule has 1 unspecified atom stereocenters. The summed E-state index contributed by atoms with van der Waals surface area (Å²) in [4.78, 5) is 22.2. The van der Waals surface area contributed by atoms with E-state index < -0.39 is 33.8 Å². The summed E-state index contributed by atoms with van der Waals surface area (Å²) < 4.78 is 29.7. The average molecular weight is 311 g/mol. The number of rotatable bonds is 6. The number of ether oxygens (including phenoxy) is 1. The normalized spacial score (nSPS) is 21.0. The lowest BCUT2D eigenvalue weighted by molar-refractivity contribution is -0.142. The molecule has 1 fully saturated rings. The number of nitrogens with zero attached hydrogens (tertiary/aromatic N) is 1. The van der Waals surface area contributed by atoms with Gasteiger partial charge in [0.05, 0.1) is 18.8 Å². The summed E-state index contributed by atoms with van der Waals surface area (Å²) >= 11 is 1.41. The Morgan fingerprint density at radius 2 is 2.16 bits per heavy atom. The molecule has 0 radical (unpaired) electrons. The van der Waals surface area contributed by atoms with E-state index in [1.807, 2.05) is 0 Å². The maximum atomic E-state index is 12.1. The van der Waals surface area contributed by atoms with Crippen molar-refractivity contribution in [3.63, 3.8) is 0 Å². The minimum atomic E-state index is -3.75. The Bertz CT molecular complexity index is 435. The van der Waals surface area contributed by atoms with Crippen molar-refractivity contribution < 1.29 is 27.9 Å². The van der Waals surface area contributed by atoms with E-state index >= 15 is 0 Å². The minimum absolute atomic E-state index is 0.160. The van der Waals surface area contributed by atoms with Gasteiger partial charge in [-0.25, -0.2) is 8.42 Å². The molecule has 1 saturated heterocycles. The van der Waals surface area contributed by atoms with Crippen molar-refractivity contribution >= 4 is 33.7 Å². The highest BCUT2D eigenvalue weighted by Crippen LogP contribution is 2.20. The second-order valence-electron chi connectivity index (χ2n) is 3.91. The highest BCUT2D eigenvalue weighted by Gasteiger charge is 2.37. The lowest BCUT2D eigenvalue weighted by Crippen LogP contribution is -2.51. The van der Waals surface area contributed by atoms with Crippen LogP contribution in [0.2, 0.25) is 0 Å². The smallest absolute Gasteiger partial charge is 0.322 e. The van der Waals surface area contributed by atoms with Crippen LogP contribution in [0, 0.1) is 0 Å². The molecule has 19 heavy (non-hydrogen) atoms. The number of carboxylic acids is 1. The Morgan fingerprint density at radius 1 is 1.47 bits per heavy atom. The maximum absolute atomic E-state index is 12.1. The van der Waals surface area contributed by atoms with Crippen LogP contribution < -0.4 is 0 Å². The number of esters is 1. The topological polar surface area (TPSA) is 101 Å². The van der Waals surface area contributed by atoms with Gasteiger partial charge < -0.3 is 9.84 Å². The number of hydrogen-bond acceptors (Lipinski definition) is 6. The van der Waals surface area contributed by atoms with Gasteiger partial charge in [-0.2, -0.15) is 16.1 Å². The molecule has 0 saturated carbocycles. The molecule has 7 nitrogen and oxygen atoms in total. The van der Waals surface area contributed by atoms with Crippen molar-refractivity contribution in [3.8, 4) is 0 Å². The van der Waals surface area contributed by atoms with Gasteiger partial charge in [-0.05, 0) is 6.92 Å². The maximum Gasteiger partial charge on any atom is 0.322 e. The van der Waals surface area contributed by atoms with Crippen LogP contribution in [-0.2, 0) is 24.3 Å². The second kappa shape index (κ2) is 7.11. The van der Waals surface area contributed by atoms with Crippen molar-refractivity contribution in [2.75, 3.05) is 30.4 Å². The number of carbonyl (C=O) groups is 2. The van der Waals surface area contributed by atoms with Crippen LogP contribution in [0.1, 0.15) is 13.3 Å². The van der Waals surface area contributed by atoms with Gasteiger partial charge in [0, 0.05) is 18.1 Å². The Balaban J connectivity index is 2.69. The quantitative estimate of drug-likeness (QED) is 0.676. The molecule has 1 N–H and O–H groups in total. The summed E-state index contributed by atoms with van der Waals surface area (Å²) in [6.45, 7) is 1.98. The molecule has 1 rings (SSSR count). The second-order valence-corrected chi connectivity index (χ2v) is 7.10. The van der Waals surface area contributed by atoms with Crippen LogP contribution in [0.15, 0.2) is 0 Å². The summed E-state index contributed by atoms with van der Waals surface area (Å²) in [6, 6.07) is -1.05. The van der Waals surface area contributed by atoms with Gasteiger partial charge in [0.15, 0.2) is 0 Å². The van der Waals surface area contributed by atoms with Gasteiger partial charge in [0.2, 0.25) is 10.0 Å². The molecule has 0 aromatic carbocycles. The number of hydrogen-bond donors (Lipinski definition) is 1. The van der Waals surface area contributed by atoms with Crippen molar-refractivity contribution in [1.29, 1.82) is 0 Å². The molecule has 1 aliphatic heterocycles. The van der Waals surface area contributed by atoms with E-state index in [9.17, 15) is 18.0 Å². The first-order valence-electron chi connectivity index (χ1n) is 5.84. The van der Waals surface area contributed by atoms with Crippen LogP contribution in [0.5, 0.6) is 0 Å². The van der Waals surface area contributed by atoms with E-state index in [1.165, 1.54) is 11.8 Å². The largest absolute Gasteiger partial charge is 0.480 e. The van der Waals surface area contributed by atoms with Crippen molar-refractivity contribution in [2.45, 2.75) is 19.4 Å². The molecular weight excluding hydrogens is 294 g/mol. The highest BCUT2D eigenvalue weighted by molar-refractivity contribution is 7.99. The van der Waals surface area contributed by atoms with Crippen LogP contribution in [0.3, 0.4) is 0 Å². The van der Waals surface area contributed by atoms with Crippen LogP contribution in [0.25, 0.3) is 0 Å². The molecule has 0 aliphatic carbocycles. The van der Waals surface area contributed by atoms with Gasteiger partial charge in [0.25, 0.3) is 0 Å². The number of carboxylic acid groups (broad SMARTS) is 1. The molecule has 0 amide bonds. The summed E-state index contributed by atoms with van der Waals surface area (Å²) in [6.07, 6.45) is -0.258. The van der Waals surface area contributed by atoms with Crippen LogP contribution >= 0.6 is 11.8 Å². The van der Waals surface area contributed by atoms with Crippen LogP contribution in [0.4, 0.5) is 0 Å². The number of carbonyl (C=O) groups excluding carboxylic acids is 1. The van der Waals surface area contributed by atoms with E-state index in [1.54, 1.807) is 6.92 Å². The molecule has 0 spiro atoms. The molecule has 9 heteroatoms. The molecule has 1 heterocycles. The molecule has 0 bridgehead atoms. The minimum Gasteiger partial charge on any atom is -0.480 e. The van der Waals surface area contributed by atoms with Crippen LogP contribution in [-0.4, -0.2) is 66.2 Å². The zero-order valence-corrected chi connectivity index (χ0v) is 12.2. The lowest BCUT2D eigenvalue weighted by atomic mass is 10.3. The Hall–Kier alpha value is -0.800. The Labute approximate surface area is 116 Å². The van der Waals surface area contributed by atoms with E-state index in [0.717, 1.165) is 4.31 Å². The highest BCUT2D eigenvalue weighted by atomic mass is 32.2. The molecule has 0 aromatic heterocycles. The molecule has 0 aromatic rings. The fourth-order valence-electron chi connectivity index (χ4n) is 1.68. The third-order valence-corrected chi connectivity index (χ3v) is 5.49. The first kappa shape index (κ1) is 16.3. The predicted octanol–water partition coefficient (Wildman–Crippen LogP) is -0.229. The van der Waals surface area contributed by atoms with E-state index in [-0.39, 0.29) is 25.3 Å². The van der Waals surface area contributed by atoms with Gasteiger partial charge in [-0.15, -0.1) is 0 Å². The van der Waals surface area contributed by atoms with Crippen molar-refractivity contribution in [2.24, 2.45) is 0 Å².